The zero-order valence-electron chi connectivity index (χ0n) is 17.0. The molecule has 0 radical (unpaired) electrons. The van der Waals surface area contributed by atoms with Crippen LogP contribution in [0.1, 0.15) is 41.5 Å². The predicted octanol–water partition coefficient (Wildman–Crippen LogP) is 2.80. The molecule has 1 amide bonds. The first kappa shape index (κ1) is 19.5. The standard InChI is InChI=1S/C22H22N6O2/c1-4-27-20-10-7-17(11-19(20)25-15(3)22(27)30)21(29)26-14(2)16-5-8-18(9-6-16)28-13-23-12-24-28/h5-14H,4H2,1-3H3,(H,26,29)/t14-/m1/s1. The van der Waals surface area contributed by atoms with Crippen LogP contribution in [0, 0.1) is 6.92 Å². The number of rotatable bonds is 5. The molecule has 30 heavy (non-hydrogen) atoms. The van der Waals surface area contributed by atoms with Gasteiger partial charge in [-0.25, -0.2) is 14.6 Å². The van der Waals surface area contributed by atoms with Crippen LogP contribution in [0.25, 0.3) is 16.7 Å². The van der Waals surface area contributed by atoms with Crippen LogP contribution in [0.4, 0.5) is 0 Å². The van der Waals surface area contributed by atoms with E-state index in [1.807, 2.05) is 38.1 Å². The molecule has 0 aliphatic carbocycles. The largest absolute Gasteiger partial charge is 0.346 e. The van der Waals surface area contributed by atoms with Gasteiger partial charge in [0, 0.05) is 12.1 Å². The van der Waals surface area contributed by atoms with Crippen molar-refractivity contribution in [2.75, 3.05) is 0 Å². The van der Waals surface area contributed by atoms with Gasteiger partial charge in [-0.15, -0.1) is 0 Å². The lowest BCUT2D eigenvalue weighted by atomic mass is 10.1. The molecule has 0 saturated heterocycles. The fourth-order valence-electron chi connectivity index (χ4n) is 3.45. The highest BCUT2D eigenvalue weighted by Crippen LogP contribution is 2.18. The third kappa shape index (κ3) is 3.59. The SMILES string of the molecule is CCn1c(=O)c(C)nc2cc(C(=O)N[C@H](C)c3ccc(-n4cncn4)cc3)ccc21. The summed E-state index contributed by atoms with van der Waals surface area (Å²) in [5.41, 5.74) is 4.04. The van der Waals surface area contributed by atoms with E-state index in [0.29, 0.717) is 23.3 Å². The van der Waals surface area contributed by atoms with Gasteiger partial charge in [0.05, 0.1) is 22.8 Å². The maximum Gasteiger partial charge on any atom is 0.272 e. The first-order valence-corrected chi connectivity index (χ1v) is 9.75. The Morgan fingerprint density at radius 1 is 1.17 bits per heavy atom. The zero-order chi connectivity index (χ0) is 21.3. The Labute approximate surface area is 173 Å². The summed E-state index contributed by atoms with van der Waals surface area (Å²) in [6, 6.07) is 12.8. The van der Waals surface area contributed by atoms with E-state index in [-0.39, 0.29) is 17.5 Å². The number of benzene rings is 2. The summed E-state index contributed by atoms with van der Waals surface area (Å²) in [4.78, 5) is 33.4. The molecule has 0 spiro atoms. The molecule has 8 nitrogen and oxygen atoms in total. The van der Waals surface area contributed by atoms with E-state index in [0.717, 1.165) is 16.8 Å². The van der Waals surface area contributed by atoms with Crippen molar-refractivity contribution in [1.29, 1.82) is 0 Å². The van der Waals surface area contributed by atoms with E-state index in [1.165, 1.54) is 6.33 Å². The minimum Gasteiger partial charge on any atom is -0.346 e. The number of fused-ring (bicyclic) bond motifs is 1. The van der Waals surface area contributed by atoms with Crippen molar-refractivity contribution >= 4 is 16.9 Å². The fraction of sp³-hybridized carbons (Fsp3) is 0.227. The van der Waals surface area contributed by atoms with E-state index >= 15 is 0 Å². The van der Waals surface area contributed by atoms with Gasteiger partial charge in [0.25, 0.3) is 11.5 Å². The van der Waals surface area contributed by atoms with Crippen molar-refractivity contribution in [3.8, 4) is 5.69 Å². The van der Waals surface area contributed by atoms with Crippen molar-refractivity contribution in [2.45, 2.75) is 33.4 Å². The average molecular weight is 402 g/mol. The third-order valence-electron chi connectivity index (χ3n) is 5.11. The molecule has 1 N–H and O–H groups in total. The van der Waals surface area contributed by atoms with Crippen molar-refractivity contribution in [3.63, 3.8) is 0 Å². The quantitative estimate of drug-likeness (QED) is 0.554. The summed E-state index contributed by atoms with van der Waals surface area (Å²) < 4.78 is 3.34. The van der Waals surface area contributed by atoms with Crippen molar-refractivity contribution < 1.29 is 4.79 Å². The minimum absolute atomic E-state index is 0.106. The lowest BCUT2D eigenvalue weighted by Crippen LogP contribution is -2.27. The number of carbonyl (C=O) groups is 1. The number of hydrogen-bond acceptors (Lipinski definition) is 5. The first-order chi connectivity index (χ1) is 14.5. The topological polar surface area (TPSA) is 94.7 Å². The van der Waals surface area contributed by atoms with Crippen LogP contribution < -0.4 is 10.9 Å². The number of aryl methyl sites for hydroxylation is 2. The van der Waals surface area contributed by atoms with Crippen LogP contribution in [0.15, 0.2) is 59.9 Å². The van der Waals surface area contributed by atoms with Crippen LogP contribution in [0.3, 0.4) is 0 Å². The zero-order valence-corrected chi connectivity index (χ0v) is 17.0. The number of hydrogen-bond donors (Lipinski definition) is 1. The number of nitrogens with one attached hydrogen (secondary N) is 1. The third-order valence-corrected chi connectivity index (χ3v) is 5.11. The highest BCUT2D eigenvalue weighted by atomic mass is 16.1. The molecule has 0 aliphatic heterocycles. The summed E-state index contributed by atoms with van der Waals surface area (Å²) in [5.74, 6) is -0.196. The molecule has 2 heterocycles. The second-order valence-corrected chi connectivity index (χ2v) is 7.08. The molecule has 4 aromatic rings. The second kappa shape index (κ2) is 7.90. The highest BCUT2D eigenvalue weighted by molar-refractivity contribution is 5.97. The van der Waals surface area contributed by atoms with E-state index < -0.39 is 0 Å². The molecule has 2 aromatic carbocycles. The Bertz CT molecular complexity index is 1260. The molecular weight excluding hydrogens is 380 g/mol. The van der Waals surface area contributed by atoms with Crippen molar-refractivity contribution in [1.82, 2.24) is 29.6 Å². The highest BCUT2D eigenvalue weighted by Gasteiger charge is 2.14. The van der Waals surface area contributed by atoms with Crippen LogP contribution in [-0.2, 0) is 6.54 Å². The summed E-state index contributed by atoms with van der Waals surface area (Å²) in [6.45, 7) is 6.08. The lowest BCUT2D eigenvalue weighted by molar-refractivity contribution is 0.0940. The molecule has 0 saturated carbocycles. The maximum atomic E-state index is 12.8. The van der Waals surface area contributed by atoms with E-state index in [9.17, 15) is 9.59 Å². The van der Waals surface area contributed by atoms with Gasteiger partial charge in [-0.05, 0) is 56.7 Å². The van der Waals surface area contributed by atoms with Crippen LogP contribution >= 0.6 is 0 Å². The van der Waals surface area contributed by atoms with E-state index in [2.05, 4.69) is 20.4 Å². The van der Waals surface area contributed by atoms with Crippen LogP contribution in [-0.4, -0.2) is 30.2 Å². The van der Waals surface area contributed by atoms with Crippen LogP contribution in [0.2, 0.25) is 0 Å². The molecule has 8 heteroatoms. The number of aromatic nitrogens is 5. The molecule has 2 aromatic heterocycles. The summed E-state index contributed by atoms with van der Waals surface area (Å²) >= 11 is 0. The Balaban J connectivity index is 1.55. The van der Waals surface area contributed by atoms with Gasteiger partial charge in [-0.1, -0.05) is 12.1 Å². The number of amides is 1. The second-order valence-electron chi connectivity index (χ2n) is 7.08. The van der Waals surface area contributed by atoms with Gasteiger partial charge in [-0.2, -0.15) is 5.10 Å². The van der Waals surface area contributed by atoms with E-state index in [1.54, 1.807) is 40.7 Å². The van der Waals surface area contributed by atoms with Crippen molar-refractivity contribution in [3.05, 3.63) is 82.3 Å². The van der Waals surface area contributed by atoms with Gasteiger partial charge >= 0.3 is 0 Å². The Morgan fingerprint density at radius 2 is 1.93 bits per heavy atom. The summed E-state index contributed by atoms with van der Waals surface area (Å²) in [5, 5.41) is 7.12. The number of carbonyl (C=O) groups excluding carboxylic acids is 1. The Kier molecular flexibility index (Phi) is 5.14. The molecule has 4 rings (SSSR count). The van der Waals surface area contributed by atoms with Gasteiger partial charge < -0.3 is 9.88 Å². The summed E-state index contributed by atoms with van der Waals surface area (Å²) in [7, 11) is 0. The monoisotopic (exact) mass is 402 g/mol. The molecule has 152 valence electrons. The van der Waals surface area contributed by atoms with Gasteiger partial charge in [0.1, 0.15) is 18.3 Å². The minimum atomic E-state index is -0.196. The fourth-order valence-corrected chi connectivity index (χ4v) is 3.45. The van der Waals surface area contributed by atoms with Gasteiger partial charge in [-0.3, -0.25) is 9.59 Å². The smallest absolute Gasteiger partial charge is 0.272 e. The normalized spacial score (nSPS) is 12.1. The molecular formula is C22H22N6O2. The predicted molar refractivity (Wildman–Crippen MR) is 114 cm³/mol. The molecule has 1 atom stereocenters. The van der Waals surface area contributed by atoms with Crippen molar-refractivity contribution in [2.24, 2.45) is 0 Å². The lowest BCUT2D eigenvalue weighted by Gasteiger charge is -2.15. The van der Waals surface area contributed by atoms with E-state index in [4.69, 9.17) is 0 Å². The molecule has 0 unspecified atom stereocenters. The Morgan fingerprint density at radius 3 is 2.60 bits per heavy atom. The average Bonchev–Trinajstić information content (AvgIpc) is 3.29. The number of nitrogens with zero attached hydrogens (tertiary/aromatic N) is 5. The van der Waals surface area contributed by atoms with Gasteiger partial charge in [0.15, 0.2) is 0 Å². The van der Waals surface area contributed by atoms with Gasteiger partial charge in [0.2, 0.25) is 0 Å². The maximum absolute atomic E-state index is 12.8. The first-order valence-electron chi connectivity index (χ1n) is 9.75. The molecule has 0 bridgehead atoms. The summed E-state index contributed by atoms with van der Waals surface area (Å²) in [6.07, 6.45) is 3.12. The van der Waals surface area contributed by atoms with Crippen LogP contribution in [0.5, 0.6) is 0 Å². The molecule has 0 fully saturated rings. The molecule has 0 aliphatic rings. The Hall–Kier alpha value is -3.81.